The van der Waals surface area contributed by atoms with E-state index in [1.165, 1.54) is 24.3 Å². The highest BCUT2D eigenvalue weighted by molar-refractivity contribution is 6.11. The van der Waals surface area contributed by atoms with Crippen molar-refractivity contribution in [3.63, 3.8) is 0 Å². The van der Waals surface area contributed by atoms with Crippen LogP contribution < -0.4 is 0 Å². The number of fused-ring (bicyclic) bond motifs is 3. The molecule has 1 heterocycles. The zero-order valence-corrected chi connectivity index (χ0v) is 14.6. The summed E-state index contributed by atoms with van der Waals surface area (Å²) < 4.78 is 48.3. The van der Waals surface area contributed by atoms with Crippen molar-refractivity contribution in [2.75, 3.05) is 0 Å². The average molecular weight is 388 g/mol. The summed E-state index contributed by atoms with van der Waals surface area (Å²) in [5.74, 6) is -3.94. The summed E-state index contributed by atoms with van der Waals surface area (Å²) in [5.41, 5.74) is 1.01. The van der Waals surface area contributed by atoms with Gasteiger partial charge < -0.3 is 14.6 Å². The van der Waals surface area contributed by atoms with Crippen LogP contribution in [0.15, 0.2) is 59.0 Å². The van der Waals surface area contributed by atoms with Crippen LogP contribution in [0.4, 0.5) is 13.2 Å². The van der Waals surface area contributed by atoms with Crippen molar-refractivity contribution in [2.24, 2.45) is 0 Å². The predicted molar refractivity (Wildman–Crippen MR) is 99.0 cm³/mol. The molecule has 0 fully saturated rings. The molecule has 1 aromatic heterocycles. The molecule has 28 heavy (non-hydrogen) atoms. The molecule has 2 N–H and O–H groups in total. The van der Waals surface area contributed by atoms with Gasteiger partial charge in [0.25, 0.3) is 12.4 Å². The lowest BCUT2D eigenvalue weighted by Crippen LogP contribution is -2.07. The van der Waals surface area contributed by atoms with Gasteiger partial charge in [0.15, 0.2) is 0 Å². The van der Waals surface area contributed by atoms with Gasteiger partial charge in [-0.2, -0.15) is 0 Å². The van der Waals surface area contributed by atoms with Crippen LogP contribution in [0, 0.1) is 5.82 Å². The van der Waals surface area contributed by atoms with E-state index in [0.717, 1.165) is 13.0 Å². The number of phenols is 1. The number of carbonyl (C=O) groups is 1. The maximum Gasteiger partial charge on any atom is 0.290 e. The van der Waals surface area contributed by atoms with Crippen LogP contribution in [0.25, 0.3) is 33.1 Å². The standard InChI is InChI=1S/C20H13F3O2.CH2O2/c1-20(22,23)15-9-8-13(12-7-6-11(24)10-16(12)21)19-18(15)14-4-2-3-5-17(14)25-19;2-1-3/h2-10,24H,1H3;1H,(H,2,3). The lowest BCUT2D eigenvalue weighted by molar-refractivity contribution is -0.122. The van der Waals surface area contributed by atoms with Crippen LogP contribution >= 0.6 is 0 Å². The summed E-state index contributed by atoms with van der Waals surface area (Å²) >= 11 is 0. The average Bonchev–Trinajstić information content (AvgIpc) is 3.01. The van der Waals surface area contributed by atoms with Gasteiger partial charge in [0.2, 0.25) is 0 Å². The first-order valence-corrected chi connectivity index (χ1v) is 8.17. The topological polar surface area (TPSA) is 70.7 Å². The van der Waals surface area contributed by atoms with E-state index >= 15 is 0 Å². The largest absolute Gasteiger partial charge is 0.508 e. The minimum Gasteiger partial charge on any atom is -0.508 e. The van der Waals surface area contributed by atoms with Crippen molar-refractivity contribution >= 4 is 28.4 Å². The van der Waals surface area contributed by atoms with Crippen molar-refractivity contribution in [2.45, 2.75) is 12.8 Å². The van der Waals surface area contributed by atoms with E-state index in [2.05, 4.69) is 0 Å². The van der Waals surface area contributed by atoms with Gasteiger partial charge in [-0.05, 0) is 24.3 Å². The highest BCUT2D eigenvalue weighted by Crippen LogP contribution is 2.43. The molecule has 0 unspecified atom stereocenters. The summed E-state index contributed by atoms with van der Waals surface area (Å²) in [6.07, 6.45) is 0. The van der Waals surface area contributed by atoms with Crippen LogP contribution in [0.5, 0.6) is 5.75 Å². The molecule has 0 radical (unpaired) electrons. The molecule has 0 saturated carbocycles. The number of alkyl halides is 2. The summed E-state index contributed by atoms with van der Waals surface area (Å²) in [7, 11) is 0. The number of furan rings is 1. The Labute approximate surface area is 157 Å². The molecule has 0 amide bonds. The normalized spacial score (nSPS) is 11.3. The minimum absolute atomic E-state index is 0.171. The molecular formula is C21H15F3O4. The first kappa shape index (κ1) is 19.3. The number of rotatable bonds is 2. The van der Waals surface area contributed by atoms with E-state index in [4.69, 9.17) is 14.3 Å². The molecule has 0 bridgehead atoms. The number of carboxylic acid groups (broad SMARTS) is 1. The molecule has 4 nitrogen and oxygen atoms in total. The SMILES string of the molecule is CC(F)(F)c1ccc(-c2ccc(O)cc2F)c2oc3ccccc3c12.O=CO. The smallest absolute Gasteiger partial charge is 0.290 e. The number of halogens is 3. The summed E-state index contributed by atoms with van der Waals surface area (Å²) in [6.45, 7) is 0.574. The zero-order chi connectivity index (χ0) is 20.5. The number of phenolic OH excluding ortho intramolecular Hbond substituents is 1. The highest BCUT2D eigenvalue weighted by atomic mass is 19.3. The maximum atomic E-state index is 14.3. The van der Waals surface area contributed by atoms with Crippen molar-refractivity contribution in [3.05, 3.63) is 66.0 Å². The fourth-order valence-corrected chi connectivity index (χ4v) is 3.13. The molecule has 144 valence electrons. The van der Waals surface area contributed by atoms with Crippen LogP contribution in [0.2, 0.25) is 0 Å². The Morgan fingerprint density at radius 2 is 1.68 bits per heavy atom. The van der Waals surface area contributed by atoms with Crippen molar-refractivity contribution < 1.29 is 32.6 Å². The van der Waals surface area contributed by atoms with E-state index in [9.17, 15) is 18.3 Å². The third-order valence-corrected chi connectivity index (χ3v) is 4.24. The first-order valence-electron chi connectivity index (χ1n) is 8.17. The lowest BCUT2D eigenvalue weighted by Gasteiger charge is -2.14. The monoisotopic (exact) mass is 388 g/mol. The lowest BCUT2D eigenvalue weighted by atomic mass is 9.95. The Morgan fingerprint density at radius 3 is 2.32 bits per heavy atom. The van der Waals surface area contributed by atoms with E-state index < -0.39 is 11.7 Å². The minimum atomic E-state index is -3.07. The summed E-state index contributed by atoms with van der Waals surface area (Å²) in [5, 5.41) is 17.1. The highest BCUT2D eigenvalue weighted by Gasteiger charge is 2.30. The fraction of sp³-hybridized carbons (Fsp3) is 0.0952. The third kappa shape index (κ3) is 3.38. The molecule has 0 spiro atoms. The van der Waals surface area contributed by atoms with Crippen molar-refractivity contribution in [1.29, 1.82) is 0 Å². The van der Waals surface area contributed by atoms with Crippen LogP contribution in [-0.2, 0) is 10.7 Å². The Balaban J connectivity index is 0.000000706. The maximum absolute atomic E-state index is 14.3. The molecule has 4 rings (SSSR count). The quantitative estimate of drug-likeness (QED) is 0.419. The van der Waals surface area contributed by atoms with Gasteiger partial charge in [-0.1, -0.05) is 24.3 Å². The molecule has 0 aliphatic rings. The molecule has 0 saturated heterocycles. The van der Waals surface area contributed by atoms with Crippen LogP contribution in [-0.4, -0.2) is 16.7 Å². The van der Waals surface area contributed by atoms with Gasteiger partial charge in [0.05, 0.1) is 0 Å². The van der Waals surface area contributed by atoms with Gasteiger partial charge >= 0.3 is 0 Å². The van der Waals surface area contributed by atoms with E-state index in [-0.39, 0.29) is 34.3 Å². The molecule has 0 aliphatic carbocycles. The molecule has 0 atom stereocenters. The molecule has 0 aliphatic heterocycles. The fourth-order valence-electron chi connectivity index (χ4n) is 3.13. The Bertz CT molecular complexity index is 1160. The van der Waals surface area contributed by atoms with Gasteiger partial charge in [-0.15, -0.1) is 0 Å². The van der Waals surface area contributed by atoms with Gasteiger partial charge in [-0.3, -0.25) is 4.79 Å². The van der Waals surface area contributed by atoms with E-state index in [1.807, 2.05) is 0 Å². The molecule has 4 aromatic rings. The van der Waals surface area contributed by atoms with Crippen molar-refractivity contribution in [3.8, 4) is 16.9 Å². The molecular weight excluding hydrogens is 373 g/mol. The molecule has 3 aromatic carbocycles. The summed E-state index contributed by atoms with van der Waals surface area (Å²) in [6, 6.07) is 13.3. The van der Waals surface area contributed by atoms with Crippen molar-refractivity contribution in [1.82, 2.24) is 0 Å². The van der Waals surface area contributed by atoms with Gasteiger partial charge in [0, 0.05) is 40.5 Å². The zero-order valence-electron chi connectivity index (χ0n) is 14.6. The van der Waals surface area contributed by atoms with Crippen LogP contribution in [0.1, 0.15) is 12.5 Å². The predicted octanol–water partition coefficient (Wildman–Crippen LogP) is 5.91. The number of para-hydroxylation sites is 1. The second-order valence-corrected chi connectivity index (χ2v) is 6.12. The number of benzene rings is 3. The Morgan fingerprint density at radius 1 is 1.04 bits per heavy atom. The Kier molecular flexibility index (Phi) is 5.00. The Hall–Kier alpha value is -3.48. The van der Waals surface area contributed by atoms with E-state index in [0.29, 0.717) is 16.5 Å². The first-order chi connectivity index (χ1) is 13.3. The van der Waals surface area contributed by atoms with Gasteiger partial charge in [-0.25, -0.2) is 13.2 Å². The summed E-state index contributed by atoms with van der Waals surface area (Å²) in [4.78, 5) is 8.36. The second kappa shape index (κ2) is 7.26. The number of aromatic hydroxyl groups is 1. The van der Waals surface area contributed by atoms with E-state index in [1.54, 1.807) is 24.3 Å². The number of hydrogen-bond donors (Lipinski definition) is 2. The third-order valence-electron chi connectivity index (χ3n) is 4.24. The van der Waals surface area contributed by atoms with Gasteiger partial charge in [0.1, 0.15) is 22.7 Å². The second-order valence-electron chi connectivity index (χ2n) is 6.12. The molecule has 7 heteroatoms. The van der Waals surface area contributed by atoms with Crippen LogP contribution in [0.3, 0.4) is 0 Å². The number of hydrogen-bond acceptors (Lipinski definition) is 3.